The van der Waals surface area contributed by atoms with Crippen molar-refractivity contribution in [1.82, 2.24) is 4.90 Å². The standard InChI is InChI=1S/C15H19NO/c17-15-14-6-2-1-4-13(14)5-3-10-16(15)11-9-12-7-8-12/h1-2,4,6,12H,3,5,7-11H2. The lowest BCUT2D eigenvalue weighted by atomic mass is 10.0. The number of carbonyl (C=O) groups is 1. The first-order valence-corrected chi connectivity index (χ1v) is 6.72. The molecular formula is C15H19NO. The fraction of sp³-hybridized carbons (Fsp3) is 0.533. The van der Waals surface area contributed by atoms with Gasteiger partial charge in [-0.15, -0.1) is 0 Å². The van der Waals surface area contributed by atoms with Crippen LogP contribution in [0.4, 0.5) is 0 Å². The minimum absolute atomic E-state index is 0.249. The molecule has 1 saturated carbocycles. The van der Waals surface area contributed by atoms with E-state index in [1.54, 1.807) is 0 Å². The molecule has 2 nitrogen and oxygen atoms in total. The van der Waals surface area contributed by atoms with Gasteiger partial charge in [0.1, 0.15) is 0 Å². The van der Waals surface area contributed by atoms with Gasteiger partial charge in [0.25, 0.3) is 5.91 Å². The number of rotatable bonds is 3. The largest absolute Gasteiger partial charge is 0.339 e. The van der Waals surface area contributed by atoms with Crippen LogP contribution >= 0.6 is 0 Å². The van der Waals surface area contributed by atoms with Crippen molar-refractivity contribution in [2.24, 2.45) is 5.92 Å². The summed E-state index contributed by atoms with van der Waals surface area (Å²) in [4.78, 5) is 14.5. The van der Waals surface area contributed by atoms with Crippen molar-refractivity contribution in [2.75, 3.05) is 13.1 Å². The van der Waals surface area contributed by atoms with Crippen molar-refractivity contribution in [2.45, 2.75) is 32.1 Å². The number of fused-ring (bicyclic) bond motifs is 1. The molecule has 0 spiro atoms. The van der Waals surface area contributed by atoms with Crippen LogP contribution in [0.3, 0.4) is 0 Å². The normalized spacial score (nSPS) is 20.0. The zero-order valence-electron chi connectivity index (χ0n) is 10.2. The smallest absolute Gasteiger partial charge is 0.254 e. The van der Waals surface area contributed by atoms with E-state index in [0.717, 1.165) is 37.4 Å². The van der Waals surface area contributed by atoms with Crippen molar-refractivity contribution in [1.29, 1.82) is 0 Å². The molecule has 2 aliphatic rings. The first-order valence-electron chi connectivity index (χ1n) is 6.72. The van der Waals surface area contributed by atoms with Gasteiger partial charge in [-0.1, -0.05) is 31.0 Å². The van der Waals surface area contributed by atoms with E-state index in [2.05, 4.69) is 11.0 Å². The molecule has 1 aliphatic heterocycles. The Balaban J connectivity index is 1.76. The molecule has 0 aromatic heterocycles. The molecule has 90 valence electrons. The minimum atomic E-state index is 0.249. The molecule has 0 unspecified atom stereocenters. The van der Waals surface area contributed by atoms with E-state index in [4.69, 9.17) is 0 Å². The maximum atomic E-state index is 12.4. The minimum Gasteiger partial charge on any atom is -0.339 e. The molecule has 0 N–H and O–H groups in total. The van der Waals surface area contributed by atoms with Gasteiger partial charge in [-0.25, -0.2) is 0 Å². The number of hydrogen-bond donors (Lipinski definition) is 0. The van der Waals surface area contributed by atoms with E-state index in [9.17, 15) is 4.79 Å². The molecule has 0 radical (unpaired) electrons. The summed E-state index contributed by atoms with van der Waals surface area (Å²) >= 11 is 0. The van der Waals surface area contributed by atoms with Crippen molar-refractivity contribution in [3.05, 3.63) is 35.4 Å². The van der Waals surface area contributed by atoms with Gasteiger partial charge >= 0.3 is 0 Å². The maximum absolute atomic E-state index is 12.4. The summed E-state index contributed by atoms with van der Waals surface area (Å²) in [6, 6.07) is 8.08. The van der Waals surface area contributed by atoms with E-state index >= 15 is 0 Å². The molecule has 1 aliphatic carbocycles. The second-order valence-corrected chi connectivity index (χ2v) is 5.28. The third-order valence-corrected chi connectivity index (χ3v) is 3.91. The summed E-state index contributed by atoms with van der Waals surface area (Å²) in [7, 11) is 0. The third kappa shape index (κ3) is 2.36. The zero-order chi connectivity index (χ0) is 11.7. The number of nitrogens with zero attached hydrogens (tertiary/aromatic N) is 1. The average Bonchev–Trinajstić information content (AvgIpc) is 3.17. The monoisotopic (exact) mass is 229 g/mol. The fourth-order valence-electron chi connectivity index (χ4n) is 2.64. The highest BCUT2D eigenvalue weighted by atomic mass is 16.2. The molecule has 0 bridgehead atoms. The summed E-state index contributed by atoms with van der Waals surface area (Å²) in [5.41, 5.74) is 2.16. The quantitative estimate of drug-likeness (QED) is 0.780. The average molecular weight is 229 g/mol. The van der Waals surface area contributed by atoms with Crippen LogP contribution in [-0.4, -0.2) is 23.9 Å². The van der Waals surface area contributed by atoms with Crippen LogP contribution in [0, 0.1) is 5.92 Å². The van der Waals surface area contributed by atoms with E-state index in [1.807, 2.05) is 18.2 Å². The highest BCUT2D eigenvalue weighted by Gasteiger charge is 2.25. The Hall–Kier alpha value is -1.31. The topological polar surface area (TPSA) is 20.3 Å². The lowest BCUT2D eigenvalue weighted by Crippen LogP contribution is -2.32. The lowest BCUT2D eigenvalue weighted by Gasteiger charge is -2.20. The van der Waals surface area contributed by atoms with E-state index < -0.39 is 0 Å². The predicted octanol–water partition coefficient (Wildman–Crippen LogP) is 2.88. The van der Waals surface area contributed by atoms with Crippen LogP contribution in [0.15, 0.2) is 24.3 Å². The molecule has 1 aromatic rings. The molecule has 17 heavy (non-hydrogen) atoms. The molecule has 0 saturated heterocycles. The Labute approximate surface area is 103 Å². The summed E-state index contributed by atoms with van der Waals surface area (Å²) in [6.07, 6.45) is 6.10. The number of aryl methyl sites for hydroxylation is 1. The second kappa shape index (κ2) is 4.52. The van der Waals surface area contributed by atoms with Gasteiger partial charge in [0.05, 0.1) is 0 Å². The molecule has 0 atom stereocenters. The fourth-order valence-corrected chi connectivity index (χ4v) is 2.64. The van der Waals surface area contributed by atoms with Crippen LogP contribution in [0.1, 0.15) is 41.6 Å². The van der Waals surface area contributed by atoms with Gasteiger partial charge in [0, 0.05) is 18.7 Å². The molecule has 2 heteroatoms. The molecule has 1 amide bonds. The predicted molar refractivity (Wildman–Crippen MR) is 68.0 cm³/mol. The Morgan fingerprint density at radius 1 is 1.24 bits per heavy atom. The van der Waals surface area contributed by atoms with Crippen LogP contribution < -0.4 is 0 Å². The van der Waals surface area contributed by atoms with Gasteiger partial charge in [0.2, 0.25) is 0 Å². The Kier molecular flexibility index (Phi) is 2.87. The number of amides is 1. The lowest BCUT2D eigenvalue weighted by molar-refractivity contribution is 0.0757. The third-order valence-electron chi connectivity index (χ3n) is 3.91. The SMILES string of the molecule is O=C1c2ccccc2CCCN1CCC1CC1. The second-order valence-electron chi connectivity index (χ2n) is 5.28. The molecule has 1 fully saturated rings. The molecular weight excluding hydrogens is 210 g/mol. The van der Waals surface area contributed by atoms with Crippen molar-refractivity contribution >= 4 is 5.91 Å². The van der Waals surface area contributed by atoms with Crippen molar-refractivity contribution < 1.29 is 4.79 Å². The van der Waals surface area contributed by atoms with Crippen LogP contribution in [-0.2, 0) is 6.42 Å². The summed E-state index contributed by atoms with van der Waals surface area (Å²) in [5, 5.41) is 0. The van der Waals surface area contributed by atoms with Gasteiger partial charge < -0.3 is 4.90 Å². The number of hydrogen-bond acceptors (Lipinski definition) is 1. The first-order chi connectivity index (χ1) is 8.34. The summed E-state index contributed by atoms with van der Waals surface area (Å²) < 4.78 is 0. The van der Waals surface area contributed by atoms with Gasteiger partial charge in [0.15, 0.2) is 0 Å². The van der Waals surface area contributed by atoms with Crippen LogP contribution in [0.2, 0.25) is 0 Å². The molecule has 1 heterocycles. The Bertz CT molecular complexity index is 423. The van der Waals surface area contributed by atoms with E-state index in [-0.39, 0.29) is 5.91 Å². The Morgan fingerprint density at radius 3 is 2.88 bits per heavy atom. The summed E-state index contributed by atoms with van der Waals surface area (Å²) in [6.45, 7) is 1.89. The highest BCUT2D eigenvalue weighted by molar-refractivity contribution is 5.96. The molecule has 3 rings (SSSR count). The van der Waals surface area contributed by atoms with E-state index in [0.29, 0.717) is 0 Å². The van der Waals surface area contributed by atoms with Gasteiger partial charge in [-0.2, -0.15) is 0 Å². The summed E-state index contributed by atoms with van der Waals surface area (Å²) in [5.74, 6) is 1.15. The Morgan fingerprint density at radius 2 is 2.06 bits per heavy atom. The highest BCUT2D eigenvalue weighted by Crippen LogP contribution is 2.32. The van der Waals surface area contributed by atoms with Crippen molar-refractivity contribution in [3.63, 3.8) is 0 Å². The van der Waals surface area contributed by atoms with Gasteiger partial charge in [-0.05, 0) is 36.8 Å². The van der Waals surface area contributed by atoms with Gasteiger partial charge in [-0.3, -0.25) is 4.79 Å². The first kappa shape index (κ1) is 10.8. The van der Waals surface area contributed by atoms with Crippen LogP contribution in [0.5, 0.6) is 0 Å². The maximum Gasteiger partial charge on any atom is 0.254 e. The van der Waals surface area contributed by atoms with Crippen LogP contribution in [0.25, 0.3) is 0 Å². The van der Waals surface area contributed by atoms with Crippen molar-refractivity contribution in [3.8, 4) is 0 Å². The molecule has 1 aromatic carbocycles. The number of carbonyl (C=O) groups excluding carboxylic acids is 1. The van der Waals surface area contributed by atoms with E-state index in [1.165, 1.54) is 24.8 Å². The zero-order valence-corrected chi connectivity index (χ0v) is 10.2. The number of benzene rings is 1.